The molecule has 0 N–H and O–H groups in total. The highest BCUT2D eigenvalue weighted by Gasteiger charge is 2.20. The lowest BCUT2D eigenvalue weighted by Crippen LogP contribution is -2.24. The molecule has 1 saturated heterocycles. The van der Waals surface area contributed by atoms with Crippen LogP contribution in [0.4, 0.5) is 0 Å². The summed E-state index contributed by atoms with van der Waals surface area (Å²) >= 11 is 0. The lowest BCUT2D eigenvalue weighted by Gasteiger charge is -2.26. The van der Waals surface area contributed by atoms with Gasteiger partial charge in [-0.1, -0.05) is 52.2 Å². The molecule has 5 heteroatoms. The molecule has 0 aliphatic carbocycles. The number of benzene rings is 1. The van der Waals surface area contributed by atoms with Gasteiger partial charge in [0.2, 0.25) is 0 Å². The van der Waals surface area contributed by atoms with E-state index in [1.165, 1.54) is 37.7 Å². The zero-order chi connectivity index (χ0) is 22.4. The Balaban J connectivity index is 1.53. The van der Waals surface area contributed by atoms with Crippen LogP contribution in [-0.4, -0.2) is 52.5 Å². The summed E-state index contributed by atoms with van der Waals surface area (Å²) in [7, 11) is 0. The Morgan fingerprint density at radius 2 is 1.74 bits per heavy atom. The first kappa shape index (κ1) is 26.1. The van der Waals surface area contributed by atoms with Crippen molar-refractivity contribution in [3.63, 3.8) is 0 Å². The van der Waals surface area contributed by atoms with Gasteiger partial charge in [0.25, 0.3) is 0 Å². The average Bonchev–Trinajstić information content (AvgIpc) is 2.76. The fourth-order valence-corrected chi connectivity index (χ4v) is 3.72. The Labute approximate surface area is 189 Å². The van der Waals surface area contributed by atoms with Crippen LogP contribution in [0.25, 0.3) is 0 Å². The number of ether oxygens (including phenoxy) is 5. The molecule has 31 heavy (non-hydrogen) atoms. The van der Waals surface area contributed by atoms with Gasteiger partial charge in [0.15, 0.2) is 6.29 Å². The molecule has 177 valence electrons. The van der Waals surface area contributed by atoms with E-state index in [0.717, 1.165) is 30.8 Å². The molecule has 1 radical (unpaired) electrons. The van der Waals surface area contributed by atoms with Crippen molar-refractivity contribution < 1.29 is 23.7 Å². The summed E-state index contributed by atoms with van der Waals surface area (Å²) in [4.78, 5) is 0. The van der Waals surface area contributed by atoms with Crippen molar-refractivity contribution in [1.82, 2.24) is 0 Å². The van der Waals surface area contributed by atoms with E-state index >= 15 is 0 Å². The first-order valence-electron chi connectivity index (χ1n) is 12.0. The van der Waals surface area contributed by atoms with Crippen LogP contribution in [0.15, 0.2) is 18.2 Å². The maximum atomic E-state index is 5.85. The highest BCUT2D eigenvalue weighted by molar-refractivity contribution is 5.41. The molecule has 1 heterocycles. The molecule has 1 atom stereocenters. The Bertz CT molecular complexity index is 595. The van der Waals surface area contributed by atoms with Gasteiger partial charge >= 0.3 is 0 Å². The third-order valence-electron chi connectivity index (χ3n) is 5.77. The maximum absolute atomic E-state index is 5.85. The maximum Gasteiger partial charge on any atom is 0.157 e. The van der Waals surface area contributed by atoms with Crippen molar-refractivity contribution in [2.45, 2.75) is 77.4 Å². The van der Waals surface area contributed by atoms with E-state index in [2.05, 4.69) is 39.8 Å². The molecule has 0 aromatic heterocycles. The average molecular weight is 436 g/mol. The second-order valence-corrected chi connectivity index (χ2v) is 8.90. The molecular formula is C26H43O5. The van der Waals surface area contributed by atoms with Crippen LogP contribution in [0.2, 0.25) is 0 Å². The second kappa shape index (κ2) is 14.8. The summed E-state index contributed by atoms with van der Waals surface area (Å²) in [6.07, 6.45) is 8.24. The minimum Gasteiger partial charge on any atom is -0.491 e. The Morgan fingerprint density at radius 3 is 2.42 bits per heavy atom. The summed E-state index contributed by atoms with van der Waals surface area (Å²) in [5.74, 6) is 0.829. The topological polar surface area (TPSA) is 46.2 Å². The Kier molecular flexibility index (Phi) is 12.5. The van der Waals surface area contributed by atoms with Crippen molar-refractivity contribution in [2.24, 2.45) is 0 Å². The molecule has 1 fully saturated rings. The Hall–Kier alpha value is -1.14. The number of hydrogen-bond acceptors (Lipinski definition) is 5. The first-order chi connectivity index (χ1) is 15.0. The van der Waals surface area contributed by atoms with Crippen LogP contribution in [0.1, 0.15) is 76.8 Å². The molecule has 0 saturated carbocycles. The van der Waals surface area contributed by atoms with Gasteiger partial charge in [0.1, 0.15) is 12.4 Å². The molecule has 0 amide bonds. The highest BCUT2D eigenvalue weighted by Crippen LogP contribution is 2.32. The van der Waals surface area contributed by atoms with Gasteiger partial charge in [-0.05, 0) is 55.2 Å². The standard InChI is InChI=1S/C26H43O5/c1-5-6-8-13-26(3,4)23-11-12-24(22(2)21-23)29-19-17-27-15-16-28-18-20-31-25-10-7-9-14-30-25/h11-12,21,25H,2,5-10,13-20H2,1,3-4H3. The van der Waals surface area contributed by atoms with Crippen molar-refractivity contribution in [1.29, 1.82) is 0 Å². The second-order valence-electron chi connectivity index (χ2n) is 8.90. The molecule has 1 aliphatic heterocycles. The third-order valence-corrected chi connectivity index (χ3v) is 5.77. The quantitative estimate of drug-likeness (QED) is 0.313. The van der Waals surface area contributed by atoms with E-state index < -0.39 is 0 Å². The van der Waals surface area contributed by atoms with Crippen molar-refractivity contribution in [3.8, 4) is 5.75 Å². The van der Waals surface area contributed by atoms with E-state index in [0.29, 0.717) is 39.6 Å². The van der Waals surface area contributed by atoms with E-state index in [4.69, 9.17) is 23.7 Å². The normalized spacial score (nSPS) is 17.1. The van der Waals surface area contributed by atoms with E-state index in [1.807, 2.05) is 6.07 Å². The zero-order valence-electron chi connectivity index (χ0n) is 20.0. The van der Waals surface area contributed by atoms with Crippen molar-refractivity contribution >= 4 is 0 Å². The predicted molar refractivity (Wildman–Crippen MR) is 125 cm³/mol. The van der Waals surface area contributed by atoms with Gasteiger partial charge in [0.05, 0.1) is 33.0 Å². The van der Waals surface area contributed by atoms with Gasteiger partial charge in [-0.2, -0.15) is 0 Å². The minimum atomic E-state index is -0.0510. The van der Waals surface area contributed by atoms with E-state index in [-0.39, 0.29) is 11.7 Å². The van der Waals surface area contributed by atoms with Gasteiger partial charge in [0, 0.05) is 6.61 Å². The first-order valence-corrected chi connectivity index (χ1v) is 12.0. The van der Waals surface area contributed by atoms with Crippen molar-refractivity contribution in [2.75, 3.05) is 46.2 Å². The molecule has 1 aliphatic rings. The van der Waals surface area contributed by atoms with Crippen LogP contribution in [-0.2, 0) is 24.4 Å². The number of hydrogen-bond donors (Lipinski definition) is 0. The van der Waals surface area contributed by atoms with E-state index in [1.54, 1.807) is 0 Å². The monoisotopic (exact) mass is 435 g/mol. The zero-order valence-corrected chi connectivity index (χ0v) is 20.0. The van der Waals surface area contributed by atoms with Gasteiger partial charge < -0.3 is 23.7 Å². The predicted octanol–water partition coefficient (Wildman–Crippen LogP) is 5.68. The van der Waals surface area contributed by atoms with Gasteiger partial charge in [-0.15, -0.1) is 0 Å². The molecule has 0 bridgehead atoms. The summed E-state index contributed by atoms with van der Waals surface area (Å²) in [5, 5.41) is 0. The van der Waals surface area contributed by atoms with Crippen molar-refractivity contribution in [3.05, 3.63) is 36.2 Å². The van der Waals surface area contributed by atoms with Crippen LogP contribution in [0, 0.1) is 6.92 Å². The molecule has 1 aromatic carbocycles. The lowest BCUT2D eigenvalue weighted by atomic mass is 9.79. The third kappa shape index (κ3) is 10.3. The number of unbranched alkanes of at least 4 members (excludes halogenated alkanes) is 2. The van der Waals surface area contributed by atoms with Crippen LogP contribution in [0.3, 0.4) is 0 Å². The molecule has 1 unspecified atom stereocenters. The smallest absolute Gasteiger partial charge is 0.157 e. The summed E-state index contributed by atoms with van der Waals surface area (Å²) < 4.78 is 28.1. The van der Waals surface area contributed by atoms with Gasteiger partial charge in [-0.3, -0.25) is 0 Å². The molecule has 1 aromatic rings. The van der Waals surface area contributed by atoms with Crippen LogP contribution < -0.4 is 4.74 Å². The minimum absolute atomic E-state index is 0.0510. The summed E-state index contributed by atoms with van der Waals surface area (Å²) in [5.41, 5.74) is 2.43. The van der Waals surface area contributed by atoms with E-state index in [9.17, 15) is 0 Å². The molecule has 5 nitrogen and oxygen atoms in total. The van der Waals surface area contributed by atoms with Gasteiger partial charge in [-0.25, -0.2) is 0 Å². The number of rotatable bonds is 16. The Morgan fingerprint density at radius 1 is 1.00 bits per heavy atom. The SMILES string of the molecule is [CH2]c1cc(C(C)(C)CCCCC)ccc1OCCOCCOCCOC1CCCCO1. The fraction of sp³-hybridized carbons (Fsp3) is 0.731. The largest absolute Gasteiger partial charge is 0.491 e. The molecule has 2 rings (SSSR count). The summed E-state index contributed by atoms with van der Waals surface area (Å²) in [6.45, 7) is 15.1. The van der Waals surface area contributed by atoms with Crippen LogP contribution in [0.5, 0.6) is 5.75 Å². The highest BCUT2D eigenvalue weighted by atomic mass is 16.7. The lowest BCUT2D eigenvalue weighted by molar-refractivity contribution is -0.169. The summed E-state index contributed by atoms with van der Waals surface area (Å²) in [6, 6.07) is 6.37. The molecule has 0 spiro atoms. The van der Waals surface area contributed by atoms with Crippen LogP contribution >= 0.6 is 0 Å². The fourth-order valence-electron chi connectivity index (χ4n) is 3.72. The molecular weight excluding hydrogens is 392 g/mol.